The lowest BCUT2D eigenvalue weighted by Gasteiger charge is -2.17. The highest BCUT2D eigenvalue weighted by atomic mass is 16.5. The van der Waals surface area contributed by atoms with Gasteiger partial charge >= 0.3 is 0 Å². The van der Waals surface area contributed by atoms with Crippen LogP contribution in [0.15, 0.2) is 42.5 Å². The van der Waals surface area contributed by atoms with Crippen LogP contribution in [-0.4, -0.2) is 32.1 Å². The van der Waals surface area contributed by atoms with Crippen LogP contribution < -0.4 is 15.4 Å². The molecule has 0 saturated carbocycles. The Morgan fingerprint density at radius 3 is 2.88 bits per heavy atom. The van der Waals surface area contributed by atoms with Crippen LogP contribution in [0.4, 0.5) is 5.69 Å². The van der Waals surface area contributed by atoms with E-state index in [1.165, 1.54) is 0 Å². The van der Waals surface area contributed by atoms with Crippen molar-refractivity contribution >= 4 is 17.5 Å². The smallest absolute Gasteiger partial charge is 0.251 e. The Hall–Kier alpha value is -2.86. The van der Waals surface area contributed by atoms with Crippen LogP contribution in [0.3, 0.4) is 0 Å². The predicted octanol–water partition coefficient (Wildman–Crippen LogP) is 2.53. The molecule has 0 saturated heterocycles. The predicted molar refractivity (Wildman–Crippen MR) is 98.4 cm³/mol. The third-order valence-corrected chi connectivity index (χ3v) is 4.17. The summed E-state index contributed by atoms with van der Waals surface area (Å²) in [6, 6.07) is 13.0. The van der Waals surface area contributed by atoms with Crippen molar-refractivity contribution in [2.75, 3.05) is 25.6 Å². The van der Waals surface area contributed by atoms with Gasteiger partial charge in [0.15, 0.2) is 0 Å². The first-order valence-corrected chi connectivity index (χ1v) is 8.57. The molecule has 136 valence electrons. The molecule has 0 fully saturated rings. The second-order valence-corrected chi connectivity index (χ2v) is 6.09. The molecule has 2 aromatic carbocycles. The molecule has 3 rings (SSSR count). The number of methoxy groups -OCH3 is 1. The number of ether oxygens (including phenoxy) is 2. The molecule has 0 aromatic heterocycles. The number of hydrogen-bond donors (Lipinski definition) is 2. The van der Waals surface area contributed by atoms with Gasteiger partial charge in [-0.1, -0.05) is 12.1 Å². The molecule has 2 N–H and O–H groups in total. The van der Waals surface area contributed by atoms with Crippen molar-refractivity contribution in [1.29, 1.82) is 0 Å². The second-order valence-electron chi connectivity index (χ2n) is 6.09. The highest BCUT2D eigenvalue weighted by Crippen LogP contribution is 2.23. The first kappa shape index (κ1) is 17.9. The SMILES string of the molecule is COCCOc1cccc(CNC(=O)c2ccc3c(c2)CCC(=O)N3)c1. The van der Waals surface area contributed by atoms with Crippen LogP contribution in [-0.2, 0) is 22.5 Å². The maximum absolute atomic E-state index is 12.4. The number of amides is 2. The lowest BCUT2D eigenvalue weighted by atomic mass is 10.00. The van der Waals surface area contributed by atoms with Crippen LogP contribution in [0, 0.1) is 0 Å². The van der Waals surface area contributed by atoms with Gasteiger partial charge in [0.1, 0.15) is 12.4 Å². The molecule has 2 aromatic rings. The van der Waals surface area contributed by atoms with E-state index in [2.05, 4.69) is 10.6 Å². The van der Waals surface area contributed by atoms with Gasteiger partial charge in [0.05, 0.1) is 6.61 Å². The quantitative estimate of drug-likeness (QED) is 0.749. The van der Waals surface area contributed by atoms with Gasteiger partial charge in [-0.25, -0.2) is 0 Å². The molecular formula is C20H22N2O4. The third-order valence-electron chi connectivity index (χ3n) is 4.17. The van der Waals surface area contributed by atoms with E-state index in [-0.39, 0.29) is 11.8 Å². The number of hydrogen-bond acceptors (Lipinski definition) is 4. The minimum atomic E-state index is -0.143. The Balaban J connectivity index is 1.59. The van der Waals surface area contributed by atoms with Crippen LogP contribution in [0.2, 0.25) is 0 Å². The molecule has 26 heavy (non-hydrogen) atoms. The van der Waals surface area contributed by atoms with Crippen LogP contribution in [0.1, 0.15) is 27.9 Å². The molecule has 0 aliphatic carbocycles. The number of benzene rings is 2. The lowest BCUT2D eigenvalue weighted by Crippen LogP contribution is -2.24. The van der Waals surface area contributed by atoms with Gasteiger partial charge in [-0.2, -0.15) is 0 Å². The molecular weight excluding hydrogens is 332 g/mol. The zero-order chi connectivity index (χ0) is 18.4. The molecule has 6 nitrogen and oxygen atoms in total. The van der Waals surface area contributed by atoms with E-state index in [1.807, 2.05) is 30.3 Å². The normalized spacial score (nSPS) is 12.9. The molecule has 1 heterocycles. The Morgan fingerprint density at radius 1 is 1.15 bits per heavy atom. The second kappa shape index (κ2) is 8.49. The first-order chi connectivity index (χ1) is 12.7. The summed E-state index contributed by atoms with van der Waals surface area (Å²) in [6.45, 7) is 1.42. The van der Waals surface area contributed by atoms with Crippen LogP contribution >= 0.6 is 0 Å². The molecule has 0 unspecified atom stereocenters. The van der Waals surface area contributed by atoms with Crippen molar-refractivity contribution in [3.8, 4) is 5.75 Å². The van der Waals surface area contributed by atoms with E-state index in [4.69, 9.17) is 9.47 Å². The fraction of sp³-hybridized carbons (Fsp3) is 0.300. The highest BCUT2D eigenvalue weighted by Gasteiger charge is 2.16. The molecule has 0 bridgehead atoms. The minimum absolute atomic E-state index is 0.0160. The van der Waals surface area contributed by atoms with Gasteiger partial charge in [0, 0.05) is 31.3 Å². The zero-order valence-corrected chi connectivity index (χ0v) is 14.7. The van der Waals surface area contributed by atoms with E-state index >= 15 is 0 Å². The Bertz CT molecular complexity index is 804. The summed E-state index contributed by atoms with van der Waals surface area (Å²) in [7, 11) is 1.63. The first-order valence-electron chi connectivity index (χ1n) is 8.57. The van der Waals surface area contributed by atoms with Gasteiger partial charge in [-0.15, -0.1) is 0 Å². The number of aryl methyl sites for hydroxylation is 1. The van der Waals surface area contributed by atoms with Crippen molar-refractivity contribution in [3.05, 3.63) is 59.2 Å². The summed E-state index contributed by atoms with van der Waals surface area (Å²) < 4.78 is 10.5. The van der Waals surface area contributed by atoms with Crippen molar-refractivity contribution in [2.24, 2.45) is 0 Å². The van der Waals surface area contributed by atoms with Gasteiger partial charge in [-0.05, 0) is 47.9 Å². The van der Waals surface area contributed by atoms with Gasteiger partial charge in [-0.3, -0.25) is 9.59 Å². The van der Waals surface area contributed by atoms with Crippen molar-refractivity contribution in [1.82, 2.24) is 5.32 Å². The van der Waals surface area contributed by atoms with Crippen molar-refractivity contribution < 1.29 is 19.1 Å². The number of carbonyl (C=O) groups is 2. The molecule has 6 heteroatoms. The summed E-state index contributed by atoms with van der Waals surface area (Å²) in [6.07, 6.45) is 1.11. The number of fused-ring (bicyclic) bond motifs is 1. The van der Waals surface area contributed by atoms with Gasteiger partial charge in [0.2, 0.25) is 5.91 Å². The van der Waals surface area contributed by atoms with Crippen LogP contribution in [0.5, 0.6) is 5.75 Å². The zero-order valence-electron chi connectivity index (χ0n) is 14.7. The van der Waals surface area contributed by atoms with Crippen LogP contribution in [0.25, 0.3) is 0 Å². The molecule has 2 amide bonds. The largest absolute Gasteiger partial charge is 0.491 e. The molecule has 0 radical (unpaired) electrons. The minimum Gasteiger partial charge on any atom is -0.491 e. The van der Waals surface area contributed by atoms with Crippen molar-refractivity contribution in [2.45, 2.75) is 19.4 Å². The average molecular weight is 354 g/mol. The van der Waals surface area contributed by atoms with Gasteiger partial charge < -0.3 is 20.1 Å². The molecule has 1 aliphatic heterocycles. The summed E-state index contributed by atoms with van der Waals surface area (Å²) in [4.78, 5) is 23.8. The molecule has 0 spiro atoms. The van der Waals surface area contributed by atoms with E-state index in [1.54, 1.807) is 19.2 Å². The van der Waals surface area contributed by atoms with E-state index in [0.29, 0.717) is 38.2 Å². The maximum atomic E-state index is 12.4. The highest BCUT2D eigenvalue weighted by molar-refractivity contribution is 5.97. The average Bonchev–Trinajstić information content (AvgIpc) is 2.66. The Labute approximate surface area is 152 Å². The number of nitrogens with one attached hydrogen (secondary N) is 2. The molecule has 0 atom stereocenters. The maximum Gasteiger partial charge on any atom is 0.251 e. The summed E-state index contributed by atoms with van der Waals surface area (Å²) in [5.74, 6) is 0.621. The topological polar surface area (TPSA) is 76.7 Å². The third kappa shape index (κ3) is 4.61. The van der Waals surface area contributed by atoms with E-state index < -0.39 is 0 Å². The fourth-order valence-electron chi connectivity index (χ4n) is 2.80. The van der Waals surface area contributed by atoms with Crippen molar-refractivity contribution in [3.63, 3.8) is 0 Å². The fourth-order valence-corrected chi connectivity index (χ4v) is 2.80. The van der Waals surface area contributed by atoms with E-state index in [0.717, 1.165) is 22.6 Å². The summed E-state index contributed by atoms with van der Waals surface area (Å²) in [5, 5.41) is 5.74. The number of anilines is 1. The number of rotatable bonds is 7. The van der Waals surface area contributed by atoms with E-state index in [9.17, 15) is 9.59 Å². The summed E-state index contributed by atoms with van der Waals surface area (Å²) >= 11 is 0. The summed E-state index contributed by atoms with van der Waals surface area (Å²) in [5.41, 5.74) is 3.33. The standard InChI is InChI=1S/C20H22N2O4/c1-25-9-10-26-17-4-2-3-14(11-17)13-21-20(24)16-5-7-18-15(12-16)6-8-19(23)22-18/h2-5,7,11-12H,6,8-10,13H2,1H3,(H,21,24)(H,22,23). The molecule has 1 aliphatic rings. The Kier molecular flexibility index (Phi) is 5.86. The Morgan fingerprint density at radius 2 is 2.04 bits per heavy atom. The lowest BCUT2D eigenvalue weighted by molar-refractivity contribution is -0.116. The van der Waals surface area contributed by atoms with Gasteiger partial charge in [0.25, 0.3) is 5.91 Å². The monoisotopic (exact) mass is 354 g/mol. The number of carbonyl (C=O) groups excluding carboxylic acids is 2.